The first-order valence-electron chi connectivity index (χ1n) is 6.51. The van der Waals surface area contributed by atoms with Crippen LogP contribution in [-0.2, 0) is 0 Å². The van der Waals surface area contributed by atoms with Gasteiger partial charge in [0.1, 0.15) is 11.5 Å². The van der Waals surface area contributed by atoms with Crippen molar-refractivity contribution in [3.05, 3.63) is 46.8 Å². The Bertz CT molecular complexity index is 635. The second-order valence-electron chi connectivity index (χ2n) is 5.60. The fourth-order valence-corrected chi connectivity index (χ4v) is 2.03. The lowest BCUT2D eigenvalue weighted by atomic mass is 10.1. The van der Waals surface area contributed by atoms with Gasteiger partial charge >= 0.3 is 0 Å². The lowest BCUT2D eigenvalue weighted by Gasteiger charge is -2.20. The van der Waals surface area contributed by atoms with Crippen LogP contribution < -0.4 is 10.6 Å². The third-order valence-corrected chi connectivity index (χ3v) is 3.20. The minimum Gasteiger partial charge on any atom is -0.364 e. The molecule has 0 aliphatic carbocycles. The number of hydrogen-bond acceptors (Lipinski definition) is 4. The van der Waals surface area contributed by atoms with E-state index in [1.807, 2.05) is 45.0 Å². The standard InChI is InChI=1S/C15H17BrN4O/c1-15(2,3)20-13-9-17-12(8-18-13)14(21)19-11-7-5-4-6-10(11)16/h4-9H,1-3H3,(H,18,20)(H,19,21). The molecule has 2 N–H and O–H groups in total. The Morgan fingerprint density at radius 1 is 1.14 bits per heavy atom. The molecular weight excluding hydrogens is 332 g/mol. The molecule has 0 atom stereocenters. The van der Waals surface area contributed by atoms with E-state index in [2.05, 4.69) is 36.5 Å². The minimum atomic E-state index is -0.295. The van der Waals surface area contributed by atoms with Crippen LogP contribution in [0.25, 0.3) is 0 Å². The van der Waals surface area contributed by atoms with Crippen molar-refractivity contribution in [3.63, 3.8) is 0 Å². The molecule has 0 fully saturated rings. The number of aromatic nitrogens is 2. The number of carbonyl (C=O) groups excluding carboxylic acids is 1. The average Bonchev–Trinajstić information content (AvgIpc) is 2.40. The van der Waals surface area contributed by atoms with Crippen LogP contribution in [0.2, 0.25) is 0 Å². The van der Waals surface area contributed by atoms with E-state index in [1.165, 1.54) is 6.20 Å². The smallest absolute Gasteiger partial charge is 0.275 e. The van der Waals surface area contributed by atoms with Crippen LogP contribution in [0.5, 0.6) is 0 Å². The summed E-state index contributed by atoms with van der Waals surface area (Å²) in [7, 11) is 0. The molecule has 0 bridgehead atoms. The Hall–Kier alpha value is -1.95. The zero-order chi connectivity index (χ0) is 15.5. The molecule has 21 heavy (non-hydrogen) atoms. The Kier molecular flexibility index (Phi) is 4.57. The van der Waals surface area contributed by atoms with Crippen molar-refractivity contribution in [1.29, 1.82) is 0 Å². The van der Waals surface area contributed by atoms with Gasteiger partial charge in [-0.2, -0.15) is 0 Å². The van der Waals surface area contributed by atoms with Gasteiger partial charge in [0.25, 0.3) is 5.91 Å². The quantitative estimate of drug-likeness (QED) is 0.887. The molecule has 1 amide bonds. The van der Waals surface area contributed by atoms with Crippen LogP contribution >= 0.6 is 15.9 Å². The highest BCUT2D eigenvalue weighted by atomic mass is 79.9. The molecule has 6 heteroatoms. The Morgan fingerprint density at radius 2 is 1.86 bits per heavy atom. The summed E-state index contributed by atoms with van der Waals surface area (Å²) in [5.74, 6) is 0.344. The van der Waals surface area contributed by atoms with Gasteiger partial charge in [-0.25, -0.2) is 9.97 Å². The van der Waals surface area contributed by atoms with E-state index in [4.69, 9.17) is 0 Å². The van der Waals surface area contributed by atoms with E-state index < -0.39 is 0 Å². The fourth-order valence-electron chi connectivity index (χ4n) is 1.64. The molecule has 0 aliphatic rings. The average molecular weight is 349 g/mol. The molecule has 1 aromatic heterocycles. The molecule has 5 nitrogen and oxygen atoms in total. The number of amides is 1. The van der Waals surface area contributed by atoms with Gasteiger partial charge in [0.15, 0.2) is 0 Å². The zero-order valence-electron chi connectivity index (χ0n) is 12.1. The van der Waals surface area contributed by atoms with Gasteiger partial charge in [-0.05, 0) is 48.8 Å². The number of rotatable bonds is 3. The number of carbonyl (C=O) groups is 1. The molecule has 0 saturated heterocycles. The first kappa shape index (κ1) is 15.4. The first-order valence-corrected chi connectivity index (χ1v) is 7.30. The first-order chi connectivity index (χ1) is 9.85. The monoisotopic (exact) mass is 348 g/mol. The summed E-state index contributed by atoms with van der Waals surface area (Å²) in [4.78, 5) is 20.4. The number of anilines is 2. The summed E-state index contributed by atoms with van der Waals surface area (Å²) < 4.78 is 0.817. The van der Waals surface area contributed by atoms with E-state index in [1.54, 1.807) is 6.20 Å². The van der Waals surface area contributed by atoms with Crippen molar-refractivity contribution in [2.75, 3.05) is 10.6 Å². The zero-order valence-corrected chi connectivity index (χ0v) is 13.7. The summed E-state index contributed by atoms with van der Waals surface area (Å²) in [6.07, 6.45) is 3.01. The molecule has 1 aromatic carbocycles. The summed E-state index contributed by atoms with van der Waals surface area (Å²) in [6, 6.07) is 7.40. The number of benzene rings is 1. The van der Waals surface area contributed by atoms with Crippen LogP contribution in [-0.4, -0.2) is 21.4 Å². The molecule has 0 radical (unpaired) electrons. The number of nitrogens with zero attached hydrogens (tertiary/aromatic N) is 2. The van der Waals surface area contributed by atoms with E-state index in [-0.39, 0.29) is 17.1 Å². The molecule has 110 valence electrons. The highest BCUT2D eigenvalue weighted by Crippen LogP contribution is 2.21. The molecular formula is C15H17BrN4O. The fraction of sp³-hybridized carbons (Fsp3) is 0.267. The maximum Gasteiger partial charge on any atom is 0.275 e. The summed E-state index contributed by atoms with van der Waals surface area (Å²) in [5, 5.41) is 5.98. The topological polar surface area (TPSA) is 66.9 Å². The van der Waals surface area contributed by atoms with Gasteiger partial charge in [0.2, 0.25) is 0 Å². The third-order valence-electron chi connectivity index (χ3n) is 2.51. The lowest BCUT2D eigenvalue weighted by molar-refractivity contribution is 0.102. The Balaban J connectivity index is 2.08. The summed E-state index contributed by atoms with van der Waals surface area (Å²) in [5.41, 5.74) is 0.860. The minimum absolute atomic E-state index is 0.104. The number of hydrogen-bond donors (Lipinski definition) is 2. The van der Waals surface area contributed by atoms with Crippen LogP contribution in [0.1, 0.15) is 31.3 Å². The molecule has 0 unspecified atom stereocenters. The van der Waals surface area contributed by atoms with Crippen molar-refractivity contribution in [2.24, 2.45) is 0 Å². The van der Waals surface area contributed by atoms with Gasteiger partial charge in [0, 0.05) is 10.0 Å². The molecule has 0 saturated carbocycles. The highest BCUT2D eigenvalue weighted by molar-refractivity contribution is 9.10. The predicted octanol–water partition coefficient (Wildman–Crippen LogP) is 3.70. The summed E-state index contributed by atoms with van der Waals surface area (Å²) >= 11 is 3.38. The van der Waals surface area contributed by atoms with Gasteiger partial charge in [-0.3, -0.25) is 4.79 Å². The maximum atomic E-state index is 12.1. The van der Waals surface area contributed by atoms with Gasteiger partial charge in [-0.15, -0.1) is 0 Å². The van der Waals surface area contributed by atoms with E-state index >= 15 is 0 Å². The lowest BCUT2D eigenvalue weighted by Crippen LogP contribution is -2.27. The summed E-state index contributed by atoms with van der Waals surface area (Å²) in [6.45, 7) is 6.09. The third kappa shape index (κ3) is 4.53. The van der Waals surface area contributed by atoms with E-state index in [0.29, 0.717) is 11.5 Å². The largest absolute Gasteiger partial charge is 0.364 e. The van der Waals surface area contributed by atoms with Crippen molar-refractivity contribution in [2.45, 2.75) is 26.3 Å². The van der Waals surface area contributed by atoms with E-state index in [9.17, 15) is 4.79 Å². The molecule has 0 aliphatic heterocycles. The van der Waals surface area contributed by atoms with Crippen molar-refractivity contribution < 1.29 is 4.79 Å². The SMILES string of the molecule is CC(C)(C)Nc1cnc(C(=O)Nc2ccccc2Br)cn1. The van der Waals surface area contributed by atoms with Gasteiger partial charge < -0.3 is 10.6 Å². The van der Waals surface area contributed by atoms with Crippen LogP contribution in [0.4, 0.5) is 11.5 Å². The number of nitrogens with one attached hydrogen (secondary N) is 2. The molecule has 1 heterocycles. The molecule has 0 spiro atoms. The van der Waals surface area contributed by atoms with Crippen molar-refractivity contribution in [3.8, 4) is 0 Å². The molecule has 2 aromatic rings. The van der Waals surface area contributed by atoms with Crippen LogP contribution in [0.3, 0.4) is 0 Å². The Morgan fingerprint density at radius 3 is 2.43 bits per heavy atom. The number of para-hydroxylation sites is 1. The van der Waals surface area contributed by atoms with Gasteiger partial charge in [-0.1, -0.05) is 12.1 Å². The second kappa shape index (κ2) is 6.22. The van der Waals surface area contributed by atoms with Crippen molar-refractivity contribution in [1.82, 2.24) is 9.97 Å². The number of halogens is 1. The highest BCUT2D eigenvalue weighted by Gasteiger charge is 2.13. The normalized spacial score (nSPS) is 11.0. The van der Waals surface area contributed by atoms with Crippen LogP contribution in [0, 0.1) is 0 Å². The molecule has 2 rings (SSSR count). The van der Waals surface area contributed by atoms with E-state index in [0.717, 1.165) is 4.47 Å². The maximum absolute atomic E-state index is 12.1. The van der Waals surface area contributed by atoms with Gasteiger partial charge in [0.05, 0.1) is 18.1 Å². The van der Waals surface area contributed by atoms with Crippen molar-refractivity contribution >= 4 is 33.3 Å². The predicted molar refractivity (Wildman–Crippen MR) is 87.5 cm³/mol. The van der Waals surface area contributed by atoms with Crippen LogP contribution in [0.15, 0.2) is 41.1 Å². The Labute approximate surface area is 132 Å². The second-order valence-corrected chi connectivity index (χ2v) is 6.45.